The molecule has 0 aliphatic carbocycles. The molecule has 27 heavy (non-hydrogen) atoms. The molecule has 1 N–H and O–H groups in total. The van der Waals surface area contributed by atoms with Gasteiger partial charge in [0.25, 0.3) is 0 Å². The van der Waals surface area contributed by atoms with Gasteiger partial charge < -0.3 is 4.98 Å². The number of nitrogens with zero attached hydrogens (tertiary/aromatic N) is 3. The average Bonchev–Trinajstić information content (AvgIpc) is 3.36. The highest BCUT2D eigenvalue weighted by Crippen LogP contribution is 2.20. The molecule has 134 valence electrons. The van der Waals surface area contributed by atoms with E-state index >= 15 is 0 Å². The first-order valence-corrected chi connectivity index (χ1v) is 9.67. The third-order valence-electron chi connectivity index (χ3n) is 4.21. The SMILES string of the molecule is Cc1ccc(-c2csc(=NCc3ccccc3)n2N=Cc2ccc[nH]2)cc1. The van der Waals surface area contributed by atoms with Crippen LogP contribution < -0.4 is 4.80 Å². The minimum atomic E-state index is 0.632. The smallest absolute Gasteiger partial charge is 0.206 e. The van der Waals surface area contributed by atoms with Gasteiger partial charge in [0.1, 0.15) is 0 Å². The summed E-state index contributed by atoms with van der Waals surface area (Å²) in [6.45, 7) is 2.72. The van der Waals surface area contributed by atoms with E-state index < -0.39 is 0 Å². The number of nitrogens with one attached hydrogen (secondary N) is 1. The maximum atomic E-state index is 4.80. The zero-order valence-electron chi connectivity index (χ0n) is 15.0. The van der Waals surface area contributed by atoms with Crippen LogP contribution in [-0.4, -0.2) is 15.9 Å². The first kappa shape index (κ1) is 17.2. The Hall–Kier alpha value is -3.18. The van der Waals surface area contributed by atoms with Crippen LogP contribution in [0.3, 0.4) is 0 Å². The molecule has 0 bridgehead atoms. The number of aromatic nitrogens is 2. The predicted octanol–water partition coefficient (Wildman–Crippen LogP) is 4.84. The number of aromatic amines is 1. The van der Waals surface area contributed by atoms with Crippen LogP contribution in [0.5, 0.6) is 0 Å². The second-order valence-electron chi connectivity index (χ2n) is 6.25. The Morgan fingerprint density at radius 2 is 1.81 bits per heavy atom. The van der Waals surface area contributed by atoms with Gasteiger partial charge in [0.2, 0.25) is 4.80 Å². The largest absolute Gasteiger partial charge is 0.360 e. The lowest BCUT2D eigenvalue weighted by atomic mass is 10.1. The maximum absolute atomic E-state index is 4.80. The van der Waals surface area contributed by atoms with Crippen molar-refractivity contribution < 1.29 is 0 Å². The molecule has 0 aliphatic heterocycles. The molecule has 0 radical (unpaired) electrons. The fraction of sp³-hybridized carbons (Fsp3) is 0.0909. The molecule has 0 unspecified atom stereocenters. The van der Waals surface area contributed by atoms with Crippen LogP contribution in [0, 0.1) is 6.92 Å². The highest BCUT2D eigenvalue weighted by molar-refractivity contribution is 7.07. The summed E-state index contributed by atoms with van der Waals surface area (Å²) in [4.78, 5) is 8.82. The summed E-state index contributed by atoms with van der Waals surface area (Å²) in [5.41, 5.74) is 5.54. The van der Waals surface area contributed by atoms with Crippen molar-refractivity contribution in [2.45, 2.75) is 13.5 Å². The second kappa shape index (κ2) is 8.01. The van der Waals surface area contributed by atoms with E-state index in [9.17, 15) is 0 Å². The Morgan fingerprint density at radius 1 is 1.00 bits per heavy atom. The molecule has 0 saturated heterocycles. The molecule has 2 aromatic heterocycles. The highest BCUT2D eigenvalue weighted by atomic mass is 32.1. The van der Waals surface area contributed by atoms with Gasteiger partial charge in [0.05, 0.1) is 24.1 Å². The topological polar surface area (TPSA) is 45.4 Å². The monoisotopic (exact) mass is 372 g/mol. The number of benzene rings is 2. The van der Waals surface area contributed by atoms with Crippen LogP contribution in [0.4, 0.5) is 0 Å². The number of hydrogen-bond donors (Lipinski definition) is 1. The van der Waals surface area contributed by atoms with Gasteiger partial charge in [-0.1, -0.05) is 60.2 Å². The van der Waals surface area contributed by atoms with Gasteiger partial charge in [-0.05, 0) is 24.6 Å². The first-order valence-electron chi connectivity index (χ1n) is 8.79. The zero-order valence-corrected chi connectivity index (χ0v) is 15.9. The molecular weight excluding hydrogens is 352 g/mol. The summed E-state index contributed by atoms with van der Waals surface area (Å²) in [5, 5.41) is 6.81. The van der Waals surface area contributed by atoms with Crippen LogP contribution in [0.25, 0.3) is 11.3 Å². The van der Waals surface area contributed by atoms with Gasteiger partial charge in [0.15, 0.2) is 0 Å². The molecule has 2 heterocycles. The minimum absolute atomic E-state index is 0.632. The quantitative estimate of drug-likeness (QED) is 0.488. The Labute approximate surface area is 162 Å². The van der Waals surface area contributed by atoms with Crippen molar-refractivity contribution in [3.05, 3.63) is 99.9 Å². The summed E-state index contributed by atoms with van der Waals surface area (Å²) in [6.07, 6.45) is 3.72. The van der Waals surface area contributed by atoms with E-state index in [0.717, 1.165) is 21.8 Å². The van der Waals surface area contributed by atoms with E-state index in [1.165, 1.54) is 11.1 Å². The lowest BCUT2D eigenvalue weighted by Gasteiger charge is -2.04. The van der Waals surface area contributed by atoms with Crippen LogP contribution in [0.1, 0.15) is 16.8 Å². The van der Waals surface area contributed by atoms with E-state index in [-0.39, 0.29) is 0 Å². The maximum Gasteiger partial charge on any atom is 0.206 e. The molecule has 0 spiro atoms. The normalized spacial score (nSPS) is 12.1. The highest BCUT2D eigenvalue weighted by Gasteiger charge is 2.07. The Kier molecular flexibility index (Phi) is 5.12. The molecular formula is C22H20N4S. The van der Waals surface area contributed by atoms with Gasteiger partial charge in [0, 0.05) is 17.1 Å². The number of aryl methyl sites for hydroxylation is 1. The Balaban J connectivity index is 1.75. The van der Waals surface area contributed by atoms with Crippen molar-refractivity contribution in [2.75, 3.05) is 0 Å². The van der Waals surface area contributed by atoms with Crippen molar-refractivity contribution in [3.63, 3.8) is 0 Å². The van der Waals surface area contributed by atoms with E-state index in [0.29, 0.717) is 6.54 Å². The molecule has 5 heteroatoms. The lowest BCUT2D eigenvalue weighted by molar-refractivity contribution is 0.824. The summed E-state index contributed by atoms with van der Waals surface area (Å²) in [6, 6.07) is 22.7. The van der Waals surface area contributed by atoms with Crippen LogP contribution in [0.15, 0.2) is 88.4 Å². The third kappa shape index (κ3) is 4.15. The van der Waals surface area contributed by atoms with Gasteiger partial charge in [-0.3, -0.25) is 4.99 Å². The molecule has 2 aromatic carbocycles. The molecule has 0 saturated carbocycles. The van der Waals surface area contributed by atoms with E-state index in [1.54, 1.807) is 11.3 Å². The van der Waals surface area contributed by atoms with Gasteiger partial charge in [-0.25, -0.2) is 4.68 Å². The van der Waals surface area contributed by atoms with Gasteiger partial charge >= 0.3 is 0 Å². The fourth-order valence-corrected chi connectivity index (χ4v) is 3.57. The summed E-state index contributed by atoms with van der Waals surface area (Å²) >= 11 is 1.60. The van der Waals surface area contributed by atoms with E-state index in [1.807, 2.05) is 47.4 Å². The summed E-state index contributed by atoms with van der Waals surface area (Å²) < 4.78 is 1.92. The molecule has 4 rings (SSSR count). The molecule has 0 atom stereocenters. The zero-order chi connectivity index (χ0) is 18.5. The Morgan fingerprint density at radius 3 is 2.56 bits per heavy atom. The van der Waals surface area contributed by atoms with Crippen molar-refractivity contribution in [1.82, 2.24) is 9.66 Å². The number of hydrogen-bond acceptors (Lipinski definition) is 3. The molecule has 4 aromatic rings. The molecule has 4 nitrogen and oxygen atoms in total. The number of thiazole rings is 1. The molecule has 0 fully saturated rings. The molecule has 0 amide bonds. The summed E-state index contributed by atoms with van der Waals surface area (Å²) in [7, 11) is 0. The number of H-pyrrole nitrogens is 1. The minimum Gasteiger partial charge on any atom is -0.360 e. The first-order chi connectivity index (χ1) is 13.3. The fourth-order valence-electron chi connectivity index (χ4n) is 2.73. The van der Waals surface area contributed by atoms with E-state index in [2.05, 4.69) is 53.7 Å². The second-order valence-corrected chi connectivity index (χ2v) is 7.09. The average molecular weight is 372 g/mol. The van der Waals surface area contributed by atoms with Crippen LogP contribution in [0.2, 0.25) is 0 Å². The van der Waals surface area contributed by atoms with Crippen molar-refractivity contribution in [3.8, 4) is 11.3 Å². The van der Waals surface area contributed by atoms with Gasteiger partial charge in [-0.15, -0.1) is 11.3 Å². The summed E-state index contributed by atoms with van der Waals surface area (Å²) in [5.74, 6) is 0. The van der Waals surface area contributed by atoms with Crippen LogP contribution in [-0.2, 0) is 6.54 Å². The molecule has 0 aliphatic rings. The van der Waals surface area contributed by atoms with Gasteiger partial charge in [-0.2, -0.15) is 5.10 Å². The van der Waals surface area contributed by atoms with Crippen molar-refractivity contribution >= 4 is 17.6 Å². The Bertz CT molecular complexity index is 1090. The van der Waals surface area contributed by atoms with Crippen LogP contribution >= 0.6 is 11.3 Å². The lowest BCUT2D eigenvalue weighted by Crippen LogP contribution is -2.12. The standard InChI is InChI=1S/C22H20N4S/c1-17-9-11-19(12-10-17)21-16-27-22(24-14-18-6-3-2-4-7-18)26(21)25-15-20-8-5-13-23-20/h2-13,15-16,23H,14H2,1H3. The van der Waals surface area contributed by atoms with E-state index in [4.69, 9.17) is 10.1 Å². The van der Waals surface area contributed by atoms with Crippen molar-refractivity contribution in [1.29, 1.82) is 0 Å². The van der Waals surface area contributed by atoms with Crippen molar-refractivity contribution in [2.24, 2.45) is 10.1 Å². The predicted molar refractivity (Wildman–Crippen MR) is 112 cm³/mol. The number of rotatable bonds is 5. The third-order valence-corrected chi connectivity index (χ3v) is 5.06.